The van der Waals surface area contributed by atoms with Crippen LogP contribution in [0.25, 0.3) is 11.1 Å². The van der Waals surface area contributed by atoms with Gasteiger partial charge < -0.3 is 14.6 Å². The van der Waals surface area contributed by atoms with Crippen LogP contribution < -0.4 is 16.2 Å². The van der Waals surface area contributed by atoms with Crippen LogP contribution in [0.4, 0.5) is 10.5 Å². The molecule has 2 saturated heterocycles. The molecule has 3 unspecified atom stereocenters. The molecule has 7 heteroatoms. The second-order valence-electron chi connectivity index (χ2n) is 7.19. The van der Waals surface area contributed by atoms with Crippen LogP contribution in [0.3, 0.4) is 0 Å². The molecule has 0 radical (unpaired) electrons. The normalized spacial score (nSPS) is 29.5. The minimum atomic E-state index is -0.0376. The lowest BCUT2D eigenvalue weighted by Gasteiger charge is -2.33. The Balaban J connectivity index is 1.50. The number of urea groups is 1. The summed E-state index contributed by atoms with van der Waals surface area (Å²) in [5.41, 5.74) is 8.84. The number of nitrogens with zero attached hydrogens (tertiary/aromatic N) is 2. The van der Waals surface area contributed by atoms with Gasteiger partial charge in [0.15, 0.2) is 11.5 Å². The maximum Gasteiger partial charge on any atom is 0.322 e. The molecule has 134 valence electrons. The molecule has 3 N–H and O–H groups in total. The number of fused-ring (bicyclic) bond motifs is 1. The standard InChI is InChI=1S/C18H25N5O2/c1-10-17(11(2)22-21-10)15-5-4-8-23(15)18(24)20-13-6-7-14-16(9-13)25-12(3)19-14/h6-7,9-11,15,17,21-22H,4-5,8H2,1-3H3,(H,20,24). The third-order valence-corrected chi connectivity index (χ3v) is 5.44. The molecule has 2 aliphatic rings. The summed E-state index contributed by atoms with van der Waals surface area (Å²) in [6.45, 7) is 6.97. The summed E-state index contributed by atoms with van der Waals surface area (Å²) >= 11 is 0. The van der Waals surface area contributed by atoms with Gasteiger partial charge in [0.05, 0.1) is 0 Å². The predicted octanol–water partition coefficient (Wildman–Crippen LogP) is 2.63. The van der Waals surface area contributed by atoms with Crippen molar-refractivity contribution in [1.82, 2.24) is 20.7 Å². The Morgan fingerprint density at radius 2 is 2.08 bits per heavy atom. The van der Waals surface area contributed by atoms with Crippen LogP contribution in [-0.4, -0.2) is 40.6 Å². The summed E-state index contributed by atoms with van der Waals surface area (Å²) in [7, 11) is 0. The highest BCUT2D eigenvalue weighted by Crippen LogP contribution is 2.31. The number of likely N-dealkylation sites (tertiary alicyclic amines) is 1. The fraction of sp³-hybridized carbons (Fsp3) is 0.556. The number of aryl methyl sites for hydroxylation is 1. The van der Waals surface area contributed by atoms with E-state index in [4.69, 9.17) is 4.42 Å². The molecule has 2 aliphatic heterocycles. The molecule has 4 rings (SSSR count). The molecule has 0 spiro atoms. The van der Waals surface area contributed by atoms with Crippen molar-refractivity contribution >= 4 is 22.8 Å². The van der Waals surface area contributed by atoms with Crippen molar-refractivity contribution in [3.05, 3.63) is 24.1 Å². The molecule has 3 heterocycles. The molecule has 7 nitrogen and oxygen atoms in total. The minimum absolute atomic E-state index is 0.0376. The number of hydrazine groups is 1. The van der Waals surface area contributed by atoms with Crippen LogP contribution in [0.15, 0.2) is 22.6 Å². The minimum Gasteiger partial charge on any atom is -0.441 e. The summed E-state index contributed by atoms with van der Waals surface area (Å²) in [6.07, 6.45) is 2.10. The Bertz CT molecular complexity index is 779. The lowest BCUT2D eigenvalue weighted by atomic mass is 9.87. The molecule has 3 atom stereocenters. The van der Waals surface area contributed by atoms with Gasteiger partial charge in [-0.25, -0.2) is 9.78 Å². The Hall–Kier alpha value is -2.12. The Morgan fingerprint density at radius 1 is 1.32 bits per heavy atom. The van der Waals surface area contributed by atoms with E-state index in [0.29, 0.717) is 29.5 Å². The number of anilines is 1. The van der Waals surface area contributed by atoms with Crippen LogP contribution in [0.2, 0.25) is 0 Å². The fourth-order valence-corrected chi connectivity index (χ4v) is 4.31. The number of carbonyl (C=O) groups excluding carboxylic acids is 1. The summed E-state index contributed by atoms with van der Waals surface area (Å²) in [4.78, 5) is 19.1. The second kappa shape index (κ2) is 6.31. The highest BCUT2D eigenvalue weighted by molar-refractivity contribution is 5.92. The van der Waals surface area contributed by atoms with Crippen molar-refractivity contribution in [2.24, 2.45) is 5.92 Å². The smallest absolute Gasteiger partial charge is 0.322 e. The van der Waals surface area contributed by atoms with Crippen molar-refractivity contribution < 1.29 is 9.21 Å². The van der Waals surface area contributed by atoms with E-state index in [-0.39, 0.29) is 12.1 Å². The summed E-state index contributed by atoms with van der Waals surface area (Å²) in [5.74, 6) is 1.04. The van der Waals surface area contributed by atoms with Crippen LogP contribution in [0, 0.1) is 12.8 Å². The molecule has 25 heavy (non-hydrogen) atoms. The number of oxazole rings is 1. The van der Waals surface area contributed by atoms with E-state index in [9.17, 15) is 4.79 Å². The topological polar surface area (TPSA) is 82.4 Å². The van der Waals surface area contributed by atoms with Crippen molar-refractivity contribution in [2.75, 3.05) is 11.9 Å². The average molecular weight is 343 g/mol. The number of carbonyl (C=O) groups is 1. The molecule has 0 saturated carbocycles. The van der Waals surface area contributed by atoms with E-state index in [1.54, 1.807) is 0 Å². The second-order valence-corrected chi connectivity index (χ2v) is 7.19. The molecule has 2 amide bonds. The maximum atomic E-state index is 12.9. The molecule has 1 aromatic carbocycles. The lowest BCUT2D eigenvalue weighted by molar-refractivity contribution is 0.176. The monoisotopic (exact) mass is 343 g/mol. The van der Waals surface area contributed by atoms with Gasteiger partial charge in [0.25, 0.3) is 0 Å². The lowest BCUT2D eigenvalue weighted by Crippen LogP contribution is -2.47. The van der Waals surface area contributed by atoms with E-state index in [1.165, 1.54) is 0 Å². The molecule has 1 aromatic heterocycles. The quantitative estimate of drug-likeness (QED) is 0.781. The zero-order chi connectivity index (χ0) is 17.6. The van der Waals surface area contributed by atoms with Crippen LogP contribution in [0.5, 0.6) is 0 Å². The van der Waals surface area contributed by atoms with Gasteiger partial charge in [-0.15, -0.1) is 0 Å². The number of aromatic nitrogens is 1. The molecule has 0 aliphatic carbocycles. The van der Waals surface area contributed by atoms with Gasteiger partial charge in [-0.05, 0) is 38.8 Å². The molecule has 0 bridgehead atoms. The summed E-state index contributed by atoms with van der Waals surface area (Å²) in [6, 6.07) is 6.49. The Morgan fingerprint density at radius 3 is 2.84 bits per heavy atom. The van der Waals surface area contributed by atoms with Crippen molar-refractivity contribution in [3.63, 3.8) is 0 Å². The van der Waals surface area contributed by atoms with Crippen molar-refractivity contribution in [3.8, 4) is 0 Å². The van der Waals surface area contributed by atoms with Gasteiger partial charge in [-0.1, -0.05) is 0 Å². The first-order valence-electron chi connectivity index (χ1n) is 8.99. The Labute approximate surface area is 147 Å². The zero-order valence-electron chi connectivity index (χ0n) is 14.9. The maximum absolute atomic E-state index is 12.9. The highest BCUT2D eigenvalue weighted by atomic mass is 16.3. The number of nitrogens with one attached hydrogen (secondary N) is 3. The molecular weight excluding hydrogens is 318 g/mol. The van der Waals surface area contributed by atoms with Crippen molar-refractivity contribution in [1.29, 1.82) is 0 Å². The van der Waals surface area contributed by atoms with Crippen LogP contribution >= 0.6 is 0 Å². The Kier molecular flexibility index (Phi) is 4.13. The van der Waals surface area contributed by atoms with E-state index in [0.717, 1.165) is 30.6 Å². The van der Waals surface area contributed by atoms with Crippen molar-refractivity contribution in [2.45, 2.75) is 51.7 Å². The van der Waals surface area contributed by atoms with Gasteiger partial charge in [-0.2, -0.15) is 0 Å². The third kappa shape index (κ3) is 2.98. The summed E-state index contributed by atoms with van der Waals surface area (Å²) < 4.78 is 5.55. The van der Waals surface area contributed by atoms with E-state index in [2.05, 4.69) is 35.0 Å². The number of hydrogen-bond donors (Lipinski definition) is 3. The van der Waals surface area contributed by atoms with E-state index in [1.807, 2.05) is 30.0 Å². The number of amides is 2. The molecule has 2 fully saturated rings. The molecular formula is C18H25N5O2. The van der Waals surface area contributed by atoms with Gasteiger partial charge in [0.2, 0.25) is 0 Å². The van der Waals surface area contributed by atoms with Gasteiger partial charge in [-0.3, -0.25) is 10.9 Å². The number of benzene rings is 1. The van der Waals surface area contributed by atoms with Gasteiger partial charge in [0.1, 0.15) is 5.52 Å². The first kappa shape index (κ1) is 16.4. The highest BCUT2D eigenvalue weighted by Gasteiger charge is 2.42. The van der Waals surface area contributed by atoms with Crippen LogP contribution in [0.1, 0.15) is 32.6 Å². The largest absolute Gasteiger partial charge is 0.441 e. The average Bonchev–Trinajstić information content (AvgIpc) is 3.25. The van der Waals surface area contributed by atoms with E-state index < -0.39 is 0 Å². The fourth-order valence-electron chi connectivity index (χ4n) is 4.31. The van der Waals surface area contributed by atoms with E-state index >= 15 is 0 Å². The zero-order valence-corrected chi connectivity index (χ0v) is 14.9. The van der Waals surface area contributed by atoms with Gasteiger partial charge in [0, 0.05) is 49.3 Å². The predicted molar refractivity (Wildman–Crippen MR) is 96.2 cm³/mol. The number of hydrogen-bond acceptors (Lipinski definition) is 5. The SMILES string of the molecule is Cc1nc2ccc(NC(=O)N3CCCC3C3C(C)NNC3C)cc2o1. The first-order valence-corrected chi connectivity index (χ1v) is 8.99. The summed E-state index contributed by atoms with van der Waals surface area (Å²) in [5, 5.41) is 3.03. The molecule has 2 aromatic rings. The number of rotatable bonds is 2. The van der Waals surface area contributed by atoms with Crippen LogP contribution in [-0.2, 0) is 0 Å². The third-order valence-electron chi connectivity index (χ3n) is 5.44. The first-order chi connectivity index (χ1) is 12.0. The van der Waals surface area contributed by atoms with Gasteiger partial charge >= 0.3 is 6.03 Å².